The minimum atomic E-state index is -1.37. The highest BCUT2D eigenvalue weighted by molar-refractivity contribution is 6.16. The Kier molecular flexibility index (Phi) is 2.82. The molecule has 1 aromatic heterocycles. The average Bonchev–Trinajstić information content (AvgIpc) is 3.26. The number of hydrogen-bond donors (Lipinski definition) is 1. The van der Waals surface area contributed by atoms with E-state index in [2.05, 4.69) is 10.3 Å². The molecule has 4 heterocycles. The SMILES string of the molecule is O=C1[C@@H]2CCCN2[C@@]2(C(=O)Nc3ccc(F)cc32)N1c1ccccn1. The Hall–Kier alpha value is -2.80. The van der Waals surface area contributed by atoms with Gasteiger partial charge in [0, 0.05) is 24.0 Å². The van der Waals surface area contributed by atoms with Crippen LogP contribution in [0.2, 0.25) is 0 Å². The molecule has 7 heteroatoms. The molecule has 126 valence electrons. The van der Waals surface area contributed by atoms with Crippen molar-refractivity contribution in [1.82, 2.24) is 9.88 Å². The van der Waals surface area contributed by atoms with E-state index in [1.165, 1.54) is 17.0 Å². The number of nitrogens with zero attached hydrogens (tertiary/aromatic N) is 3. The zero-order chi connectivity index (χ0) is 17.2. The van der Waals surface area contributed by atoms with Crippen LogP contribution < -0.4 is 10.2 Å². The van der Waals surface area contributed by atoms with Gasteiger partial charge in [-0.15, -0.1) is 0 Å². The highest BCUT2D eigenvalue weighted by Gasteiger charge is 2.67. The third kappa shape index (κ3) is 1.68. The Balaban J connectivity index is 1.81. The van der Waals surface area contributed by atoms with Gasteiger partial charge in [0.05, 0.1) is 6.04 Å². The van der Waals surface area contributed by atoms with Gasteiger partial charge in [0.25, 0.3) is 5.91 Å². The van der Waals surface area contributed by atoms with Crippen LogP contribution in [0.5, 0.6) is 0 Å². The van der Waals surface area contributed by atoms with Crippen molar-refractivity contribution in [1.29, 1.82) is 0 Å². The summed E-state index contributed by atoms with van der Waals surface area (Å²) in [5.74, 6) is -0.542. The van der Waals surface area contributed by atoms with Crippen molar-refractivity contribution in [3.63, 3.8) is 0 Å². The van der Waals surface area contributed by atoms with Gasteiger partial charge in [-0.1, -0.05) is 6.07 Å². The van der Waals surface area contributed by atoms with Gasteiger partial charge in [0.1, 0.15) is 11.6 Å². The average molecular weight is 338 g/mol. The summed E-state index contributed by atoms with van der Waals surface area (Å²) in [6, 6.07) is 9.03. The smallest absolute Gasteiger partial charge is 0.271 e. The van der Waals surface area contributed by atoms with Gasteiger partial charge in [-0.05, 0) is 43.2 Å². The number of aromatic nitrogens is 1. The maximum absolute atomic E-state index is 14.0. The minimum absolute atomic E-state index is 0.163. The standard InChI is InChI=1S/C18H15FN4O2/c19-11-6-7-13-12(10-11)18(17(25)21-13)22-9-3-4-14(22)16(24)23(18)15-5-1-2-8-20-15/h1-2,5-8,10,14H,3-4,9H2,(H,21,25)/t14-,18+/m0/s1. The molecule has 1 spiro atoms. The van der Waals surface area contributed by atoms with E-state index in [-0.39, 0.29) is 17.9 Å². The van der Waals surface area contributed by atoms with Crippen molar-refractivity contribution in [3.05, 3.63) is 54.0 Å². The lowest BCUT2D eigenvalue weighted by molar-refractivity contribution is -0.126. The van der Waals surface area contributed by atoms with Crippen LogP contribution in [0, 0.1) is 5.82 Å². The molecule has 3 aliphatic rings. The highest BCUT2D eigenvalue weighted by Crippen LogP contribution is 2.52. The molecule has 0 saturated carbocycles. The largest absolute Gasteiger partial charge is 0.322 e. The van der Waals surface area contributed by atoms with Crippen molar-refractivity contribution in [3.8, 4) is 0 Å². The van der Waals surface area contributed by atoms with Gasteiger partial charge in [0.2, 0.25) is 11.6 Å². The highest BCUT2D eigenvalue weighted by atomic mass is 19.1. The lowest BCUT2D eigenvalue weighted by Crippen LogP contribution is -2.56. The second-order valence-electron chi connectivity index (χ2n) is 6.53. The summed E-state index contributed by atoms with van der Waals surface area (Å²) in [6.45, 7) is 0.600. The number of benzene rings is 1. The zero-order valence-electron chi connectivity index (χ0n) is 13.3. The quantitative estimate of drug-likeness (QED) is 0.862. The Labute approximate surface area is 143 Å². The second-order valence-corrected chi connectivity index (χ2v) is 6.53. The molecule has 2 atom stereocenters. The van der Waals surface area contributed by atoms with E-state index in [4.69, 9.17) is 0 Å². The van der Waals surface area contributed by atoms with Crippen LogP contribution in [0.25, 0.3) is 0 Å². The Morgan fingerprint density at radius 3 is 2.92 bits per heavy atom. The fraction of sp³-hybridized carbons (Fsp3) is 0.278. The van der Waals surface area contributed by atoms with Crippen molar-refractivity contribution >= 4 is 23.3 Å². The normalized spacial score (nSPS) is 27.7. The summed E-state index contributed by atoms with van der Waals surface area (Å²) in [4.78, 5) is 33.9. The number of pyridine rings is 1. The topological polar surface area (TPSA) is 65.5 Å². The molecule has 0 aliphatic carbocycles. The molecular formula is C18H15FN4O2. The Morgan fingerprint density at radius 2 is 2.12 bits per heavy atom. The van der Waals surface area contributed by atoms with Crippen molar-refractivity contribution in [2.24, 2.45) is 0 Å². The minimum Gasteiger partial charge on any atom is -0.322 e. The van der Waals surface area contributed by atoms with E-state index in [0.717, 1.165) is 6.42 Å². The molecule has 1 N–H and O–H groups in total. The fourth-order valence-electron chi connectivity index (χ4n) is 4.37. The van der Waals surface area contributed by atoms with Crippen molar-refractivity contribution in [2.45, 2.75) is 24.5 Å². The first kappa shape index (κ1) is 14.5. The van der Waals surface area contributed by atoms with Gasteiger partial charge in [-0.2, -0.15) is 0 Å². The molecular weight excluding hydrogens is 323 g/mol. The number of halogens is 1. The monoisotopic (exact) mass is 338 g/mol. The maximum Gasteiger partial charge on any atom is 0.271 e. The first-order valence-electron chi connectivity index (χ1n) is 8.27. The number of carbonyl (C=O) groups excluding carboxylic acids is 2. The number of anilines is 2. The Bertz CT molecular complexity index is 903. The van der Waals surface area contributed by atoms with Gasteiger partial charge in [-0.25, -0.2) is 9.37 Å². The number of rotatable bonds is 1. The third-order valence-corrected chi connectivity index (χ3v) is 5.30. The molecule has 6 nitrogen and oxygen atoms in total. The van der Waals surface area contributed by atoms with E-state index in [9.17, 15) is 14.0 Å². The predicted octanol–water partition coefficient (Wildman–Crippen LogP) is 1.84. The molecule has 1 aromatic carbocycles. The number of carbonyl (C=O) groups is 2. The molecule has 25 heavy (non-hydrogen) atoms. The Morgan fingerprint density at radius 1 is 1.24 bits per heavy atom. The first-order valence-corrected chi connectivity index (χ1v) is 8.27. The summed E-state index contributed by atoms with van der Waals surface area (Å²) >= 11 is 0. The van der Waals surface area contributed by atoms with Crippen LogP contribution >= 0.6 is 0 Å². The van der Waals surface area contributed by atoms with Gasteiger partial charge < -0.3 is 5.32 Å². The molecule has 2 aromatic rings. The molecule has 2 fully saturated rings. The molecule has 0 bridgehead atoms. The summed E-state index contributed by atoms with van der Waals surface area (Å²) in [5, 5.41) is 2.82. The van der Waals surface area contributed by atoms with Crippen LogP contribution in [-0.2, 0) is 15.3 Å². The third-order valence-electron chi connectivity index (χ3n) is 5.30. The molecule has 2 saturated heterocycles. The van der Waals surface area contributed by atoms with E-state index in [1.807, 2.05) is 4.90 Å². The molecule has 5 rings (SSSR count). The second kappa shape index (κ2) is 4.86. The maximum atomic E-state index is 14.0. The zero-order valence-corrected chi connectivity index (χ0v) is 13.3. The number of nitrogens with one attached hydrogen (secondary N) is 1. The summed E-state index contributed by atoms with van der Waals surface area (Å²) in [7, 11) is 0. The van der Waals surface area contributed by atoms with Crippen LogP contribution in [-0.4, -0.2) is 34.3 Å². The fourth-order valence-corrected chi connectivity index (χ4v) is 4.37. The van der Waals surface area contributed by atoms with Crippen LogP contribution in [0.15, 0.2) is 42.6 Å². The molecule has 3 aliphatic heterocycles. The predicted molar refractivity (Wildman–Crippen MR) is 88.2 cm³/mol. The van der Waals surface area contributed by atoms with Gasteiger partial charge in [0.15, 0.2) is 0 Å². The van der Waals surface area contributed by atoms with Crippen molar-refractivity contribution < 1.29 is 14.0 Å². The summed E-state index contributed by atoms with van der Waals surface area (Å²) < 4.78 is 14.0. The number of amides is 2. The number of hydrogen-bond acceptors (Lipinski definition) is 4. The van der Waals surface area contributed by atoms with E-state index >= 15 is 0 Å². The van der Waals surface area contributed by atoms with E-state index < -0.39 is 11.5 Å². The van der Waals surface area contributed by atoms with Gasteiger partial charge >= 0.3 is 0 Å². The van der Waals surface area contributed by atoms with E-state index in [0.29, 0.717) is 30.0 Å². The van der Waals surface area contributed by atoms with Crippen LogP contribution in [0.1, 0.15) is 18.4 Å². The number of fused-ring (bicyclic) bond motifs is 4. The molecule has 2 amide bonds. The lowest BCUT2D eigenvalue weighted by Gasteiger charge is -2.37. The van der Waals surface area contributed by atoms with E-state index in [1.54, 1.807) is 30.5 Å². The summed E-state index contributed by atoms with van der Waals surface area (Å²) in [6.07, 6.45) is 3.09. The summed E-state index contributed by atoms with van der Waals surface area (Å²) in [5.41, 5.74) is -0.363. The van der Waals surface area contributed by atoms with Crippen molar-refractivity contribution in [2.75, 3.05) is 16.8 Å². The van der Waals surface area contributed by atoms with Gasteiger partial charge in [-0.3, -0.25) is 19.4 Å². The van der Waals surface area contributed by atoms with Crippen LogP contribution in [0.3, 0.4) is 0 Å². The molecule has 0 unspecified atom stereocenters. The first-order chi connectivity index (χ1) is 12.1. The van der Waals surface area contributed by atoms with Crippen LogP contribution in [0.4, 0.5) is 15.9 Å². The lowest BCUT2D eigenvalue weighted by atomic mass is 9.98. The molecule has 0 radical (unpaired) electrons.